The van der Waals surface area contributed by atoms with E-state index >= 15 is 0 Å². The smallest absolute Gasteiger partial charge is 0.338 e. The van der Waals surface area contributed by atoms with Crippen LogP contribution >= 0.6 is 11.3 Å². The Morgan fingerprint density at radius 1 is 1.03 bits per heavy atom. The molecule has 0 atom stereocenters. The van der Waals surface area contributed by atoms with Crippen LogP contribution in [0.25, 0.3) is 10.2 Å². The second-order valence-corrected chi connectivity index (χ2v) is 7.06. The number of anilines is 2. The SMILES string of the molecule is CCOC(=O)c1ccc2nc(NC(=O)CCC(=O)Nc3ccc(F)cc3)sc2c1. The maximum atomic E-state index is 12.9. The molecule has 29 heavy (non-hydrogen) atoms. The Labute approximate surface area is 169 Å². The molecule has 1 heterocycles. The maximum Gasteiger partial charge on any atom is 0.338 e. The van der Waals surface area contributed by atoms with Crippen molar-refractivity contribution in [3.63, 3.8) is 0 Å². The van der Waals surface area contributed by atoms with Crippen molar-refractivity contribution in [2.24, 2.45) is 0 Å². The summed E-state index contributed by atoms with van der Waals surface area (Å²) in [4.78, 5) is 40.1. The highest BCUT2D eigenvalue weighted by Gasteiger charge is 2.13. The van der Waals surface area contributed by atoms with E-state index in [1.165, 1.54) is 35.6 Å². The number of rotatable bonds is 7. The van der Waals surface area contributed by atoms with Crippen LogP contribution in [0.5, 0.6) is 0 Å². The lowest BCUT2D eigenvalue weighted by Crippen LogP contribution is -2.17. The van der Waals surface area contributed by atoms with Crippen LogP contribution in [0.15, 0.2) is 42.5 Å². The fourth-order valence-electron chi connectivity index (χ4n) is 2.49. The molecular weight excluding hydrogens is 397 g/mol. The first-order valence-electron chi connectivity index (χ1n) is 8.87. The van der Waals surface area contributed by atoms with Gasteiger partial charge < -0.3 is 15.4 Å². The molecule has 2 amide bonds. The molecule has 0 bridgehead atoms. The van der Waals surface area contributed by atoms with Gasteiger partial charge in [-0.05, 0) is 49.4 Å². The highest BCUT2D eigenvalue weighted by atomic mass is 32.1. The lowest BCUT2D eigenvalue weighted by atomic mass is 10.2. The molecule has 0 radical (unpaired) electrons. The third-order valence-corrected chi connectivity index (χ3v) is 4.79. The van der Waals surface area contributed by atoms with Crippen molar-refractivity contribution in [2.45, 2.75) is 19.8 Å². The van der Waals surface area contributed by atoms with E-state index in [4.69, 9.17) is 4.74 Å². The van der Waals surface area contributed by atoms with E-state index in [1.807, 2.05) is 0 Å². The monoisotopic (exact) mass is 415 g/mol. The Bertz CT molecular complexity index is 1050. The second-order valence-electron chi connectivity index (χ2n) is 6.03. The number of benzene rings is 2. The van der Waals surface area contributed by atoms with Gasteiger partial charge in [0.05, 0.1) is 22.4 Å². The molecule has 0 saturated heterocycles. The summed E-state index contributed by atoms with van der Waals surface area (Å²) in [6, 6.07) is 10.3. The Balaban J connectivity index is 1.54. The highest BCUT2D eigenvalue weighted by Crippen LogP contribution is 2.27. The van der Waals surface area contributed by atoms with Crippen LogP contribution in [0.1, 0.15) is 30.1 Å². The number of aromatic nitrogens is 1. The van der Waals surface area contributed by atoms with Crippen molar-refractivity contribution < 1.29 is 23.5 Å². The third kappa shape index (κ3) is 5.58. The van der Waals surface area contributed by atoms with E-state index in [2.05, 4.69) is 15.6 Å². The number of carbonyl (C=O) groups excluding carboxylic acids is 3. The minimum atomic E-state index is -0.416. The number of hydrogen-bond acceptors (Lipinski definition) is 6. The number of amides is 2. The molecule has 3 aromatic rings. The molecule has 1 aromatic heterocycles. The lowest BCUT2D eigenvalue weighted by molar-refractivity contribution is -0.121. The Hall–Kier alpha value is -3.33. The molecule has 0 saturated carbocycles. The quantitative estimate of drug-likeness (QED) is 0.569. The summed E-state index contributed by atoms with van der Waals surface area (Å²) in [5, 5.41) is 5.63. The van der Waals surface area contributed by atoms with Crippen LogP contribution in [-0.2, 0) is 14.3 Å². The molecular formula is C20H18FN3O4S. The van der Waals surface area contributed by atoms with Gasteiger partial charge >= 0.3 is 5.97 Å². The summed E-state index contributed by atoms with van der Waals surface area (Å²) in [6.45, 7) is 2.02. The molecule has 0 fully saturated rings. The molecule has 0 spiro atoms. The van der Waals surface area contributed by atoms with Gasteiger partial charge in [0.25, 0.3) is 0 Å². The van der Waals surface area contributed by atoms with Crippen molar-refractivity contribution in [3.8, 4) is 0 Å². The van der Waals surface area contributed by atoms with Gasteiger partial charge in [-0.15, -0.1) is 0 Å². The first kappa shape index (κ1) is 20.4. The molecule has 0 unspecified atom stereocenters. The number of fused-ring (bicyclic) bond motifs is 1. The minimum Gasteiger partial charge on any atom is -0.462 e. The van der Waals surface area contributed by atoms with Crippen molar-refractivity contribution in [2.75, 3.05) is 17.2 Å². The van der Waals surface area contributed by atoms with E-state index < -0.39 is 11.8 Å². The maximum absolute atomic E-state index is 12.9. The van der Waals surface area contributed by atoms with Gasteiger partial charge in [-0.25, -0.2) is 14.2 Å². The summed E-state index contributed by atoms with van der Waals surface area (Å²) in [6.07, 6.45) is -0.0574. The zero-order chi connectivity index (χ0) is 20.8. The van der Waals surface area contributed by atoms with Crippen LogP contribution in [0.3, 0.4) is 0 Å². The molecule has 7 nitrogen and oxygen atoms in total. The largest absolute Gasteiger partial charge is 0.462 e. The van der Waals surface area contributed by atoms with Gasteiger partial charge in [-0.1, -0.05) is 11.3 Å². The summed E-state index contributed by atoms with van der Waals surface area (Å²) < 4.78 is 18.6. The fourth-order valence-corrected chi connectivity index (χ4v) is 3.41. The van der Waals surface area contributed by atoms with E-state index in [9.17, 15) is 18.8 Å². The first-order valence-corrected chi connectivity index (χ1v) is 9.69. The van der Waals surface area contributed by atoms with Gasteiger partial charge in [-0.3, -0.25) is 9.59 Å². The molecule has 0 aliphatic heterocycles. The van der Waals surface area contributed by atoms with Crippen molar-refractivity contribution in [1.82, 2.24) is 4.98 Å². The van der Waals surface area contributed by atoms with Crippen LogP contribution in [0, 0.1) is 5.82 Å². The summed E-state index contributed by atoms with van der Waals surface area (Å²) in [7, 11) is 0. The predicted octanol–water partition coefficient (Wildman–Crippen LogP) is 3.97. The van der Waals surface area contributed by atoms with Crippen molar-refractivity contribution in [1.29, 1.82) is 0 Å². The number of ether oxygens (including phenoxy) is 1. The number of nitrogens with zero attached hydrogens (tertiary/aromatic N) is 1. The standard InChI is InChI=1S/C20H18FN3O4S/c1-2-28-19(27)12-3-8-15-16(11-12)29-20(23-15)24-18(26)10-9-17(25)22-14-6-4-13(21)5-7-14/h3-8,11H,2,9-10H2,1H3,(H,22,25)(H,23,24,26). The lowest BCUT2D eigenvalue weighted by Gasteiger charge is -2.05. The Morgan fingerprint density at radius 2 is 1.72 bits per heavy atom. The minimum absolute atomic E-state index is 0.0267. The highest BCUT2D eigenvalue weighted by molar-refractivity contribution is 7.22. The van der Waals surface area contributed by atoms with Gasteiger partial charge in [-0.2, -0.15) is 0 Å². The van der Waals surface area contributed by atoms with E-state index in [0.29, 0.717) is 21.9 Å². The van der Waals surface area contributed by atoms with Crippen molar-refractivity contribution in [3.05, 3.63) is 53.8 Å². The summed E-state index contributed by atoms with van der Waals surface area (Å²) in [5.41, 5.74) is 1.52. The molecule has 0 aliphatic carbocycles. The zero-order valence-corrected chi connectivity index (χ0v) is 16.3. The predicted molar refractivity (Wildman–Crippen MR) is 108 cm³/mol. The van der Waals surface area contributed by atoms with Gasteiger partial charge in [0.15, 0.2) is 5.13 Å². The van der Waals surface area contributed by atoms with E-state index in [0.717, 1.165) is 4.70 Å². The summed E-state index contributed by atoms with van der Waals surface area (Å²) >= 11 is 1.23. The second kappa shape index (κ2) is 9.24. The topological polar surface area (TPSA) is 97.4 Å². The molecule has 2 N–H and O–H groups in total. The number of nitrogens with one attached hydrogen (secondary N) is 2. The number of thiazole rings is 1. The number of halogens is 1. The van der Waals surface area contributed by atoms with Crippen LogP contribution in [0.4, 0.5) is 15.2 Å². The number of hydrogen-bond donors (Lipinski definition) is 2. The Kier molecular flexibility index (Phi) is 6.50. The fraction of sp³-hybridized carbons (Fsp3) is 0.200. The average molecular weight is 415 g/mol. The zero-order valence-electron chi connectivity index (χ0n) is 15.5. The van der Waals surface area contributed by atoms with Gasteiger partial charge in [0.2, 0.25) is 11.8 Å². The van der Waals surface area contributed by atoms with Gasteiger partial charge in [0, 0.05) is 18.5 Å². The van der Waals surface area contributed by atoms with Crippen LogP contribution in [-0.4, -0.2) is 29.4 Å². The number of esters is 1. The van der Waals surface area contributed by atoms with Gasteiger partial charge in [0.1, 0.15) is 5.82 Å². The van der Waals surface area contributed by atoms with E-state index in [-0.39, 0.29) is 31.3 Å². The molecule has 2 aromatic carbocycles. The summed E-state index contributed by atoms with van der Waals surface area (Å²) in [5.74, 6) is -1.52. The third-order valence-electron chi connectivity index (χ3n) is 3.85. The first-order chi connectivity index (χ1) is 13.9. The normalized spacial score (nSPS) is 10.6. The Morgan fingerprint density at radius 3 is 2.41 bits per heavy atom. The average Bonchev–Trinajstić information content (AvgIpc) is 3.09. The van der Waals surface area contributed by atoms with Crippen LogP contribution < -0.4 is 10.6 Å². The van der Waals surface area contributed by atoms with Crippen molar-refractivity contribution >= 4 is 50.2 Å². The molecule has 150 valence electrons. The molecule has 3 rings (SSSR count). The number of carbonyl (C=O) groups is 3. The molecule has 0 aliphatic rings. The molecule has 9 heteroatoms. The van der Waals surface area contributed by atoms with Crippen LogP contribution in [0.2, 0.25) is 0 Å². The van der Waals surface area contributed by atoms with E-state index in [1.54, 1.807) is 25.1 Å².